The molecule has 4 nitrogen and oxygen atoms in total. The van der Waals surface area contributed by atoms with Gasteiger partial charge in [-0.25, -0.2) is 9.98 Å². The number of allylic oxidation sites excluding steroid dienone is 19. The van der Waals surface area contributed by atoms with Crippen molar-refractivity contribution in [3.8, 4) is 11.1 Å². The number of hydrogen-bond acceptors (Lipinski definition) is 3. The zero-order chi connectivity index (χ0) is 46.6. The fourth-order valence-electron chi connectivity index (χ4n) is 10.0. The number of benzene rings is 3. The molecule has 1 aliphatic heterocycles. The van der Waals surface area contributed by atoms with E-state index in [1.807, 2.05) is 24.3 Å². The average molecular weight is 867 g/mol. The minimum absolute atomic E-state index is 0.229. The third-order valence-electron chi connectivity index (χ3n) is 13.0. The summed E-state index contributed by atoms with van der Waals surface area (Å²) >= 11 is 0. The molecule has 66 heavy (non-hydrogen) atoms. The van der Waals surface area contributed by atoms with Crippen LogP contribution in [0.3, 0.4) is 0 Å². The fraction of sp³-hybridized carbons (Fsp3) is 0.226. The molecule has 334 valence electrons. The maximum absolute atomic E-state index is 5.24. The highest BCUT2D eigenvalue weighted by molar-refractivity contribution is 6.08. The molecular weight excluding hydrogens is 801 g/mol. The van der Waals surface area contributed by atoms with Crippen LogP contribution in [0.5, 0.6) is 0 Å². The van der Waals surface area contributed by atoms with Crippen LogP contribution in [0.25, 0.3) is 39.4 Å². The summed E-state index contributed by atoms with van der Waals surface area (Å²) in [7, 11) is 2.08. The SMILES string of the molecule is C=C/C=C\C(=C/C)C1N=C(C/C=C\C=C(/CC)n2c3c(c4c5c(ccc42)-c2ccccc2C5(C/C=C\C=C/C)/C(C=C)=C/C=C)CCC=C3)N=C(c2ccc(C(/C=C\C)=C/CC)cc2)N1C. The van der Waals surface area contributed by atoms with Crippen molar-refractivity contribution in [2.45, 2.75) is 84.7 Å². The summed E-state index contributed by atoms with van der Waals surface area (Å²) in [4.78, 5) is 12.6. The van der Waals surface area contributed by atoms with Gasteiger partial charge in [-0.1, -0.05) is 191 Å². The molecule has 0 amide bonds. The predicted octanol–water partition coefficient (Wildman–Crippen LogP) is 16.1. The van der Waals surface area contributed by atoms with Crippen molar-refractivity contribution in [2.24, 2.45) is 9.98 Å². The van der Waals surface area contributed by atoms with Gasteiger partial charge in [0.25, 0.3) is 0 Å². The zero-order valence-electron chi connectivity index (χ0n) is 40.0. The van der Waals surface area contributed by atoms with E-state index in [9.17, 15) is 0 Å². The van der Waals surface area contributed by atoms with Crippen molar-refractivity contribution < 1.29 is 0 Å². The Bertz CT molecular complexity index is 2860. The first-order valence-electron chi connectivity index (χ1n) is 23.7. The van der Waals surface area contributed by atoms with Gasteiger partial charge >= 0.3 is 0 Å². The summed E-state index contributed by atoms with van der Waals surface area (Å²) in [6.45, 7) is 23.1. The Balaban J connectivity index is 1.32. The highest BCUT2D eigenvalue weighted by Crippen LogP contribution is 2.58. The highest BCUT2D eigenvalue weighted by atomic mass is 15.3. The van der Waals surface area contributed by atoms with Crippen molar-refractivity contribution >= 4 is 39.9 Å². The first kappa shape index (κ1) is 46.9. The van der Waals surface area contributed by atoms with Crippen molar-refractivity contribution in [1.82, 2.24) is 9.47 Å². The van der Waals surface area contributed by atoms with E-state index in [4.69, 9.17) is 9.98 Å². The van der Waals surface area contributed by atoms with E-state index in [0.717, 1.165) is 60.5 Å². The zero-order valence-corrected chi connectivity index (χ0v) is 40.0. The number of aromatic nitrogens is 1. The van der Waals surface area contributed by atoms with Crippen molar-refractivity contribution in [3.05, 3.63) is 234 Å². The number of fused-ring (bicyclic) bond motifs is 7. The average Bonchev–Trinajstić information content (AvgIpc) is 3.83. The van der Waals surface area contributed by atoms with Crippen LogP contribution in [0, 0.1) is 0 Å². The van der Waals surface area contributed by atoms with E-state index in [-0.39, 0.29) is 6.17 Å². The lowest BCUT2D eigenvalue weighted by atomic mass is 9.68. The summed E-state index contributed by atoms with van der Waals surface area (Å²) in [5.74, 6) is 1.69. The van der Waals surface area contributed by atoms with E-state index in [1.54, 1.807) is 0 Å². The normalized spacial score (nSPS) is 19.1. The second-order valence-electron chi connectivity index (χ2n) is 16.8. The third kappa shape index (κ3) is 8.98. The highest BCUT2D eigenvalue weighted by Gasteiger charge is 2.46. The van der Waals surface area contributed by atoms with Crippen molar-refractivity contribution in [2.75, 3.05) is 7.05 Å². The van der Waals surface area contributed by atoms with Crippen LogP contribution in [-0.2, 0) is 11.8 Å². The van der Waals surface area contributed by atoms with E-state index < -0.39 is 5.41 Å². The summed E-state index contributed by atoms with van der Waals surface area (Å²) in [6.07, 6.45) is 45.7. The summed E-state index contributed by atoms with van der Waals surface area (Å²) < 4.78 is 2.52. The monoisotopic (exact) mass is 867 g/mol. The first-order chi connectivity index (χ1) is 32.3. The molecule has 4 aromatic rings. The van der Waals surface area contributed by atoms with Crippen LogP contribution in [0.4, 0.5) is 0 Å². The molecule has 2 atom stereocenters. The van der Waals surface area contributed by atoms with Gasteiger partial charge in [-0.15, -0.1) is 0 Å². The van der Waals surface area contributed by atoms with Crippen LogP contribution < -0.4 is 0 Å². The van der Waals surface area contributed by atoms with Gasteiger partial charge in [0, 0.05) is 35.8 Å². The number of hydrogen-bond donors (Lipinski definition) is 0. The second kappa shape index (κ2) is 21.8. The molecule has 0 spiro atoms. The molecule has 1 aromatic heterocycles. The number of amidine groups is 2. The fourth-order valence-corrected chi connectivity index (χ4v) is 10.0. The Morgan fingerprint density at radius 2 is 1.67 bits per heavy atom. The Hall–Kier alpha value is -7.04. The van der Waals surface area contributed by atoms with Crippen molar-refractivity contribution in [1.29, 1.82) is 0 Å². The number of likely N-dealkylation sites (N-methyl/N-ethyl adjacent to an activating group) is 1. The van der Waals surface area contributed by atoms with Crippen LogP contribution in [0.15, 0.2) is 211 Å². The van der Waals surface area contributed by atoms with Gasteiger partial charge in [0.1, 0.15) is 17.8 Å². The summed E-state index contributed by atoms with van der Waals surface area (Å²) in [6, 6.07) is 22.4. The number of aryl methyl sites for hydroxylation is 1. The smallest absolute Gasteiger partial charge is 0.149 e. The van der Waals surface area contributed by atoms with Crippen LogP contribution in [0.2, 0.25) is 0 Å². The number of aliphatic imine (C=N–C) groups is 2. The van der Waals surface area contributed by atoms with Gasteiger partial charge < -0.3 is 9.47 Å². The van der Waals surface area contributed by atoms with Gasteiger partial charge in [-0.2, -0.15) is 0 Å². The number of rotatable bonds is 18. The molecule has 2 unspecified atom stereocenters. The maximum atomic E-state index is 5.24. The molecule has 3 aliphatic rings. The van der Waals surface area contributed by atoms with Crippen LogP contribution >= 0.6 is 0 Å². The first-order valence-corrected chi connectivity index (χ1v) is 23.7. The molecule has 0 bridgehead atoms. The molecule has 0 saturated heterocycles. The standard InChI is InChI=1S/C62H66N4/c1-10-18-20-27-44-62(49(16-7)30-14-5)54-35-24-22-33-51(54)52-42-43-56-58(59(52)62)53-34-23-25-36-55(53)66(56)50(17-8)32-21-26-37-57-63-60(45(15-6)31-19-11-2)65(9)61(64-57)48-40-38-47(39-41-48)46(28-12-3)29-13-4/h10-12,14-16,18-22,24-33,35-36,38-43,60H,2,5,7,13,17,23,34,37,44H2,1,3-4,6,8-9H3/b18-10-,26-21-,27-20-,28-12-,31-19-,45-15+,46-29+,49-30+,50-32+. The minimum Gasteiger partial charge on any atom is -0.333 e. The van der Waals surface area contributed by atoms with Crippen molar-refractivity contribution in [3.63, 3.8) is 0 Å². The molecule has 0 fully saturated rings. The van der Waals surface area contributed by atoms with E-state index in [0.29, 0.717) is 6.42 Å². The van der Waals surface area contributed by atoms with Gasteiger partial charge in [0.05, 0.1) is 10.9 Å². The summed E-state index contributed by atoms with van der Waals surface area (Å²) in [5, 5.41) is 1.36. The predicted molar refractivity (Wildman–Crippen MR) is 289 cm³/mol. The van der Waals surface area contributed by atoms with Gasteiger partial charge in [-0.3, -0.25) is 0 Å². The minimum atomic E-state index is -0.444. The molecule has 0 radical (unpaired) electrons. The second-order valence-corrected chi connectivity index (χ2v) is 16.8. The Morgan fingerprint density at radius 3 is 2.38 bits per heavy atom. The summed E-state index contributed by atoms with van der Waals surface area (Å²) in [5.41, 5.74) is 15.7. The molecule has 4 heteroatoms. The number of nitrogens with zero attached hydrogens (tertiary/aromatic N) is 4. The quantitative estimate of drug-likeness (QED) is 0.0917. The molecule has 0 saturated carbocycles. The molecular formula is C62H66N4. The van der Waals surface area contributed by atoms with Gasteiger partial charge in [0.2, 0.25) is 0 Å². The van der Waals surface area contributed by atoms with E-state index in [1.165, 1.54) is 61.2 Å². The van der Waals surface area contributed by atoms with E-state index in [2.05, 4.69) is 223 Å². The Labute approximate surface area is 395 Å². The molecule has 2 aliphatic carbocycles. The molecule has 2 heterocycles. The largest absolute Gasteiger partial charge is 0.333 e. The lowest BCUT2D eigenvalue weighted by Crippen LogP contribution is -2.41. The van der Waals surface area contributed by atoms with E-state index >= 15 is 0 Å². The Kier molecular flexibility index (Phi) is 15.5. The molecule has 7 rings (SSSR count). The Morgan fingerprint density at radius 1 is 0.848 bits per heavy atom. The topological polar surface area (TPSA) is 32.9 Å². The lowest BCUT2D eigenvalue weighted by Gasteiger charge is -2.34. The lowest BCUT2D eigenvalue weighted by molar-refractivity contribution is 0.420. The maximum Gasteiger partial charge on any atom is 0.149 e. The van der Waals surface area contributed by atoms with Gasteiger partial charge in [0.15, 0.2) is 0 Å². The van der Waals surface area contributed by atoms with Crippen LogP contribution in [-0.4, -0.2) is 34.4 Å². The van der Waals surface area contributed by atoms with Crippen LogP contribution in [0.1, 0.15) is 100 Å². The molecule has 0 N–H and O–H groups in total. The third-order valence-corrected chi connectivity index (χ3v) is 13.0. The molecule has 3 aromatic carbocycles. The van der Waals surface area contributed by atoms with Gasteiger partial charge in [-0.05, 0) is 121 Å².